The fourth-order valence-electron chi connectivity index (χ4n) is 2.86. The summed E-state index contributed by atoms with van der Waals surface area (Å²) in [6.07, 6.45) is 0. The van der Waals surface area contributed by atoms with Gasteiger partial charge in [0.25, 0.3) is 0 Å². The van der Waals surface area contributed by atoms with E-state index in [0.29, 0.717) is 17.1 Å². The van der Waals surface area contributed by atoms with Crippen LogP contribution in [0.3, 0.4) is 0 Å². The molecule has 0 aliphatic heterocycles. The Morgan fingerprint density at radius 1 is 0.967 bits per heavy atom. The highest BCUT2D eigenvalue weighted by molar-refractivity contribution is 5.65. The number of anilines is 4. The number of nitrogens with zero attached hydrogens (tertiary/aromatic N) is 4. The number of hydrogen-bond acceptors (Lipinski definition) is 7. The van der Waals surface area contributed by atoms with Gasteiger partial charge in [-0.15, -0.1) is 0 Å². The molecule has 152 valence electrons. The number of nitrogens with one attached hydrogen (secondary N) is 3. The van der Waals surface area contributed by atoms with Crippen LogP contribution in [0.5, 0.6) is 0 Å². The zero-order valence-corrected chi connectivity index (χ0v) is 15.9. The Bertz CT molecular complexity index is 1160. The summed E-state index contributed by atoms with van der Waals surface area (Å²) >= 11 is 0. The standard InChI is InChI=1S/C20H18F2N8/c1-11(12-6-8-13(21)9-7-12)24-19-26-18(23)27-20(28-19)25-17-10-16(29-30-17)14-4-2-3-5-15(14)22/h2-11H,1H3,(H5,23,24,25,26,27,28,29,30). The molecule has 1 atom stereocenters. The van der Waals surface area contributed by atoms with Gasteiger partial charge in [-0.25, -0.2) is 8.78 Å². The Kier molecular flexibility index (Phi) is 5.21. The number of benzene rings is 2. The zero-order valence-electron chi connectivity index (χ0n) is 15.9. The predicted molar refractivity (Wildman–Crippen MR) is 110 cm³/mol. The summed E-state index contributed by atoms with van der Waals surface area (Å²) in [7, 11) is 0. The maximum Gasteiger partial charge on any atom is 0.235 e. The third kappa shape index (κ3) is 4.32. The maximum absolute atomic E-state index is 14.0. The Morgan fingerprint density at radius 2 is 1.70 bits per heavy atom. The lowest BCUT2D eigenvalue weighted by Gasteiger charge is -2.14. The first-order valence-corrected chi connectivity index (χ1v) is 9.09. The van der Waals surface area contributed by atoms with Crippen LogP contribution < -0.4 is 16.4 Å². The van der Waals surface area contributed by atoms with Crippen molar-refractivity contribution >= 4 is 23.7 Å². The minimum absolute atomic E-state index is 0.00571. The van der Waals surface area contributed by atoms with Gasteiger partial charge >= 0.3 is 0 Å². The second-order valence-corrected chi connectivity index (χ2v) is 6.53. The van der Waals surface area contributed by atoms with E-state index in [9.17, 15) is 8.78 Å². The third-order valence-corrected chi connectivity index (χ3v) is 4.35. The van der Waals surface area contributed by atoms with Gasteiger partial charge in [-0.05, 0) is 36.8 Å². The van der Waals surface area contributed by atoms with Crippen LogP contribution in [-0.4, -0.2) is 25.1 Å². The van der Waals surface area contributed by atoms with Crippen LogP contribution in [0.4, 0.5) is 32.4 Å². The average Bonchev–Trinajstić information content (AvgIpc) is 3.16. The molecule has 30 heavy (non-hydrogen) atoms. The molecule has 4 rings (SSSR count). The maximum atomic E-state index is 14.0. The number of nitrogen functional groups attached to an aromatic ring is 1. The lowest BCUT2D eigenvalue weighted by molar-refractivity contribution is 0.626. The van der Waals surface area contributed by atoms with E-state index in [0.717, 1.165) is 5.56 Å². The van der Waals surface area contributed by atoms with E-state index in [-0.39, 0.29) is 35.5 Å². The number of nitrogens with two attached hydrogens (primary N) is 1. The summed E-state index contributed by atoms with van der Waals surface area (Å²) in [5.41, 5.74) is 7.54. The second kappa shape index (κ2) is 8.11. The average molecular weight is 408 g/mol. The molecule has 0 amide bonds. The van der Waals surface area contributed by atoms with Crippen molar-refractivity contribution in [2.75, 3.05) is 16.4 Å². The predicted octanol–water partition coefficient (Wildman–Crippen LogP) is 4.04. The number of hydrogen-bond donors (Lipinski definition) is 4. The van der Waals surface area contributed by atoms with Crippen LogP contribution in [0.2, 0.25) is 0 Å². The van der Waals surface area contributed by atoms with Gasteiger partial charge in [0.05, 0.1) is 11.7 Å². The summed E-state index contributed by atoms with van der Waals surface area (Å²) in [5, 5.41) is 12.9. The fourth-order valence-corrected chi connectivity index (χ4v) is 2.86. The SMILES string of the molecule is CC(Nc1nc(N)nc(Nc2cc(-c3ccccc3F)[nH]n2)n1)c1ccc(F)cc1. The van der Waals surface area contributed by atoms with Crippen LogP contribution in [0.25, 0.3) is 11.3 Å². The van der Waals surface area contributed by atoms with Gasteiger partial charge < -0.3 is 16.4 Å². The summed E-state index contributed by atoms with van der Waals surface area (Å²) in [5.74, 6) is 0.131. The van der Waals surface area contributed by atoms with Crippen LogP contribution in [-0.2, 0) is 0 Å². The fraction of sp³-hybridized carbons (Fsp3) is 0.100. The van der Waals surface area contributed by atoms with Crippen molar-refractivity contribution in [3.63, 3.8) is 0 Å². The molecule has 0 spiro atoms. The molecule has 2 aromatic carbocycles. The first-order valence-electron chi connectivity index (χ1n) is 9.09. The van der Waals surface area contributed by atoms with Crippen molar-refractivity contribution in [2.45, 2.75) is 13.0 Å². The third-order valence-electron chi connectivity index (χ3n) is 4.35. The van der Waals surface area contributed by atoms with Crippen LogP contribution >= 0.6 is 0 Å². The molecule has 0 aliphatic rings. The molecule has 2 heterocycles. The quantitative estimate of drug-likeness (QED) is 0.380. The molecule has 10 heteroatoms. The molecule has 0 aliphatic carbocycles. The Labute approximate surface area is 170 Å². The van der Waals surface area contributed by atoms with Gasteiger partial charge in [-0.3, -0.25) is 5.10 Å². The molecule has 1 unspecified atom stereocenters. The van der Waals surface area contributed by atoms with Crippen molar-refractivity contribution in [1.29, 1.82) is 0 Å². The minimum atomic E-state index is -0.363. The Hall–Kier alpha value is -4.08. The van der Waals surface area contributed by atoms with Gasteiger partial charge in [0.2, 0.25) is 17.8 Å². The van der Waals surface area contributed by atoms with E-state index < -0.39 is 0 Å². The summed E-state index contributed by atoms with van der Waals surface area (Å²) in [4.78, 5) is 12.4. The Morgan fingerprint density at radius 3 is 2.47 bits per heavy atom. The lowest BCUT2D eigenvalue weighted by Crippen LogP contribution is -2.12. The van der Waals surface area contributed by atoms with Crippen molar-refractivity contribution in [3.05, 3.63) is 71.8 Å². The molecule has 0 saturated heterocycles. The van der Waals surface area contributed by atoms with E-state index >= 15 is 0 Å². The van der Waals surface area contributed by atoms with E-state index in [2.05, 4.69) is 35.8 Å². The van der Waals surface area contributed by atoms with Crippen molar-refractivity contribution in [1.82, 2.24) is 25.1 Å². The molecule has 4 aromatic rings. The van der Waals surface area contributed by atoms with Gasteiger partial charge in [-0.1, -0.05) is 24.3 Å². The minimum Gasteiger partial charge on any atom is -0.368 e. The first kappa shape index (κ1) is 19.2. The highest BCUT2D eigenvalue weighted by Crippen LogP contribution is 2.24. The Balaban J connectivity index is 1.51. The first-order chi connectivity index (χ1) is 14.5. The topological polar surface area (TPSA) is 117 Å². The molecular formula is C20H18F2N8. The van der Waals surface area contributed by atoms with Gasteiger partial charge in [-0.2, -0.15) is 20.1 Å². The van der Waals surface area contributed by atoms with Crippen LogP contribution in [0.15, 0.2) is 54.6 Å². The van der Waals surface area contributed by atoms with Crippen LogP contribution in [0, 0.1) is 11.6 Å². The highest BCUT2D eigenvalue weighted by Gasteiger charge is 2.12. The van der Waals surface area contributed by atoms with Gasteiger partial charge in [0.15, 0.2) is 5.82 Å². The normalized spacial score (nSPS) is 11.8. The van der Waals surface area contributed by atoms with Crippen molar-refractivity contribution < 1.29 is 8.78 Å². The number of H-pyrrole nitrogens is 1. The van der Waals surface area contributed by atoms with Crippen molar-refractivity contribution in [3.8, 4) is 11.3 Å². The van der Waals surface area contributed by atoms with E-state index in [1.807, 2.05) is 6.92 Å². The highest BCUT2D eigenvalue weighted by atomic mass is 19.1. The molecule has 0 fully saturated rings. The van der Waals surface area contributed by atoms with Crippen LogP contribution in [0.1, 0.15) is 18.5 Å². The molecule has 8 nitrogen and oxygen atoms in total. The number of halogens is 2. The number of aromatic amines is 1. The monoisotopic (exact) mass is 408 g/mol. The smallest absolute Gasteiger partial charge is 0.235 e. The zero-order chi connectivity index (χ0) is 21.1. The van der Waals surface area contributed by atoms with E-state index in [1.165, 1.54) is 18.2 Å². The molecule has 0 saturated carbocycles. The summed E-state index contributed by atoms with van der Waals surface area (Å²) < 4.78 is 27.1. The van der Waals surface area contributed by atoms with Gasteiger partial charge in [0.1, 0.15) is 11.6 Å². The van der Waals surface area contributed by atoms with E-state index in [1.54, 1.807) is 36.4 Å². The number of rotatable bonds is 6. The summed E-state index contributed by atoms with van der Waals surface area (Å²) in [6, 6.07) is 13.9. The lowest BCUT2D eigenvalue weighted by atomic mass is 10.1. The second-order valence-electron chi connectivity index (χ2n) is 6.53. The molecular weight excluding hydrogens is 390 g/mol. The molecule has 2 aromatic heterocycles. The largest absolute Gasteiger partial charge is 0.368 e. The van der Waals surface area contributed by atoms with Gasteiger partial charge in [0, 0.05) is 11.6 Å². The number of aromatic nitrogens is 5. The van der Waals surface area contributed by atoms with E-state index in [4.69, 9.17) is 5.73 Å². The molecule has 5 N–H and O–H groups in total. The molecule has 0 radical (unpaired) electrons. The van der Waals surface area contributed by atoms with Crippen molar-refractivity contribution in [2.24, 2.45) is 0 Å². The summed E-state index contributed by atoms with van der Waals surface area (Å²) in [6.45, 7) is 1.88. The molecule has 0 bridgehead atoms.